The number of halogens is 2. The summed E-state index contributed by atoms with van der Waals surface area (Å²) >= 11 is 0. The molecule has 0 atom stereocenters. The number of hydrogen-bond acceptors (Lipinski definition) is 3. The molecule has 7 heteroatoms. The normalized spacial score (nSPS) is 11.5. The molecule has 0 bridgehead atoms. The molecule has 4 nitrogen and oxygen atoms in total. The van der Waals surface area contributed by atoms with Gasteiger partial charge in [-0.25, -0.2) is 17.2 Å². The maximum absolute atomic E-state index is 12.8. The number of nitrogens with one attached hydrogen (secondary N) is 2. The van der Waals surface area contributed by atoms with E-state index >= 15 is 0 Å². The molecule has 0 aliphatic carbocycles. The molecule has 0 aliphatic heterocycles. The van der Waals surface area contributed by atoms with Crippen molar-refractivity contribution < 1.29 is 17.2 Å². The summed E-state index contributed by atoms with van der Waals surface area (Å²) in [6, 6.07) is 2.54. The number of benzene rings is 1. The molecule has 0 spiro atoms. The molecule has 1 aromatic carbocycles. The maximum Gasteiger partial charge on any atom is 0.232 e. The van der Waals surface area contributed by atoms with Crippen molar-refractivity contribution in [3.8, 4) is 0 Å². The Bertz CT molecular complexity index is 457. The lowest BCUT2D eigenvalue weighted by Crippen LogP contribution is -2.20. The molecule has 0 aliphatic rings. The smallest absolute Gasteiger partial charge is 0.232 e. The standard InChI is InChI=1S/C10H14F2N2O2S/c1-13-3-2-4-17(15,16)14-10-6-8(11)5-9(12)7-10/h5-7,13-14H,2-4H2,1H3. The molecule has 0 saturated heterocycles. The first-order valence-electron chi connectivity index (χ1n) is 5.04. The Kier molecular flexibility index (Phi) is 4.83. The minimum absolute atomic E-state index is 0.105. The third-order valence-electron chi connectivity index (χ3n) is 1.98. The van der Waals surface area contributed by atoms with Crippen molar-refractivity contribution in [3.05, 3.63) is 29.8 Å². The Hall–Kier alpha value is -1.21. The van der Waals surface area contributed by atoms with Crippen LogP contribution < -0.4 is 10.0 Å². The summed E-state index contributed by atoms with van der Waals surface area (Å²) in [4.78, 5) is 0. The van der Waals surface area contributed by atoms with Crippen molar-refractivity contribution in [2.45, 2.75) is 6.42 Å². The van der Waals surface area contributed by atoms with E-state index in [4.69, 9.17) is 0 Å². The van der Waals surface area contributed by atoms with E-state index in [2.05, 4.69) is 10.0 Å². The topological polar surface area (TPSA) is 58.2 Å². The highest BCUT2D eigenvalue weighted by atomic mass is 32.2. The molecule has 0 aromatic heterocycles. The van der Waals surface area contributed by atoms with Crippen LogP contribution in [-0.2, 0) is 10.0 Å². The predicted octanol–water partition coefficient (Wildman–Crippen LogP) is 1.32. The average molecular weight is 264 g/mol. The highest BCUT2D eigenvalue weighted by Gasteiger charge is 2.11. The molecule has 1 aromatic rings. The lowest BCUT2D eigenvalue weighted by molar-refractivity contribution is 0.584. The molecule has 0 saturated carbocycles. The van der Waals surface area contributed by atoms with Gasteiger partial charge in [-0.2, -0.15) is 0 Å². The lowest BCUT2D eigenvalue weighted by Gasteiger charge is -2.08. The van der Waals surface area contributed by atoms with Gasteiger partial charge in [-0.3, -0.25) is 4.72 Å². The second kappa shape index (κ2) is 5.92. The molecule has 0 radical (unpaired) electrons. The van der Waals surface area contributed by atoms with Crippen LogP contribution in [0.2, 0.25) is 0 Å². The van der Waals surface area contributed by atoms with E-state index < -0.39 is 21.7 Å². The van der Waals surface area contributed by atoms with Gasteiger partial charge in [0, 0.05) is 6.07 Å². The molecule has 2 N–H and O–H groups in total. The van der Waals surface area contributed by atoms with Gasteiger partial charge in [0.25, 0.3) is 0 Å². The van der Waals surface area contributed by atoms with Crippen LogP contribution in [0, 0.1) is 11.6 Å². The van der Waals surface area contributed by atoms with Crippen LogP contribution in [0.15, 0.2) is 18.2 Å². The van der Waals surface area contributed by atoms with Gasteiger partial charge in [0.1, 0.15) is 11.6 Å². The predicted molar refractivity (Wildman–Crippen MR) is 62.3 cm³/mol. The summed E-state index contributed by atoms with van der Waals surface area (Å²) in [5.74, 6) is -1.75. The van der Waals surface area contributed by atoms with E-state index in [0.29, 0.717) is 19.0 Å². The Morgan fingerprint density at radius 1 is 1.18 bits per heavy atom. The number of anilines is 1. The summed E-state index contributed by atoms with van der Waals surface area (Å²) in [6.07, 6.45) is 0.420. The maximum atomic E-state index is 12.8. The molecule has 17 heavy (non-hydrogen) atoms. The highest BCUT2D eigenvalue weighted by Crippen LogP contribution is 2.14. The zero-order valence-electron chi connectivity index (χ0n) is 9.33. The van der Waals surface area contributed by atoms with E-state index in [1.54, 1.807) is 7.05 Å². The van der Waals surface area contributed by atoms with Crippen LogP contribution in [0.4, 0.5) is 14.5 Å². The fraction of sp³-hybridized carbons (Fsp3) is 0.400. The summed E-state index contributed by atoms with van der Waals surface area (Å²) in [5, 5.41) is 2.81. The Labute approximate surface area is 99.1 Å². The van der Waals surface area contributed by atoms with Crippen LogP contribution in [0.1, 0.15) is 6.42 Å². The first kappa shape index (κ1) is 13.9. The molecular formula is C10H14F2N2O2S. The Balaban J connectivity index is 2.69. The summed E-state index contributed by atoms with van der Waals surface area (Å²) < 4.78 is 50.8. The average Bonchev–Trinajstić information content (AvgIpc) is 2.14. The van der Waals surface area contributed by atoms with E-state index in [1.807, 2.05) is 0 Å². The minimum atomic E-state index is -3.56. The van der Waals surface area contributed by atoms with Crippen molar-refractivity contribution in [1.82, 2.24) is 5.32 Å². The molecule has 0 fully saturated rings. The van der Waals surface area contributed by atoms with Crippen LogP contribution >= 0.6 is 0 Å². The van der Waals surface area contributed by atoms with Crippen LogP contribution in [0.25, 0.3) is 0 Å². The molecule has 0 unspecified atom stereocenters. The van der Waals surface area contributed by atoms with Crippen molar-refractivity contribution >= 4 is 15.7 Å². The number of hydrogen-bond donors (Lipinski definition) is 2. The van der Waals surface area contributed by atoms with Crippen molar-refractivity contribution in [2.24, 2.45) is 0 Å². The van der Waals surface area contributed by atoms with E-state index in [9.17, 15) is 17.2 Å². The van der Waals surface area contributed by atoms with Crippen molar-refractivity contribution in [3.63, 3.8) is 0 Å². The van der Waals surface area contributed by atoms with Gasteiger partial charge in [-0.1, -0.05) is 0 Å². The van der Waals surface area contributed by atoms with Gasteiger partial charge >= 0.3 is 0 Å². The van der Waals surface area contributed by atoms with E-state index in [-0.39, 0.29) is 11.4 Å². The van der Waals surface area contributed by atoms with Crippen LogP contribution in [-0.4, -0.2) is 27.8 Å². The summed E-state index contributed by atoms with van der Waals surface area (Å²) in [5.41, 5.74) is -0.105. The molecule has 96 valence electrons. The van der Waals surface area contributed by atoms with Gasteiger partial charge in [0.2, 0.25) is 10.0 Å². The molecule has 0 amide bonds. The zero-order chi connectivity index (χ0) is 12.9. The van der Waals surface area contributed by atoms with Gasteiger partial charge in [-0.15, -0.1) is 0 Å². The molecule has 1 rings (SSSR count). The van der Waals surface area contributed by atoms with Gasteiger partial charge in [-0.05, 0) is 32.1 Å². The largest absolute Gasteiger partial charge is 0.320 e. The third-order valence-corrected chi connectivity index (χ3v) is 3.35. The van der Waals surface area contributed by atoms with Gasteiger partial charge in [0.05, 0.1) is 11.4 Å². The highest BCUT2D eigenvalue weighted by molar-refractivity contribution is 7.92. The lowest BCUT2D eigenvalue weighted by atomic mass is 10.3. The third kappa shape index (κ3) is 5.10. The first-order valence-corrected chi connectivity index (χ1v) is 6.69. The van der Waals surface area contributed by atoms with E-state index in [1.165, 1.54) is 0 Å². The number of sulfonamides is 1. The van der Waals surface area contributed by atoms with Crippen molar-refractivity contribution in [1.29, 1.82) is 0 Å². The summed E-state index contributed by atoms with van der Waals surface area (Å²) in [7, 11) is -1.85. The van der Waals surface area contributed by atoms with Gasteiger partial charge < -0.3 is 5.32 Å². The quantitative estimate of drug-likeness (QED) is 0.762. The first-order chi connectivity index (χ1) is 7.93. The zero-order valence-corrected chi connectivity index (χ0v) is 10.2. The second-order valence-electron chi connectivity index (χ2n) is 3.54. The van der Waals surface area contributed by atoms with Crippen LogP contribution in [0.5, 0.6) is 0 Å². The Morgan fingerprint density at radius 3 is 2.29 bits per heavy atom. The van der Waals surface area contributed by atoms with Gasteiger partial charge in [0.15, 0.2) is 0 Å². The summed E-state index contributed by atoms with van der Waals surface area (Å²) in [6.45, 7) is 0.554. The molecular weight excluding hydrogens is 250 g/mol. The fourth-order valence-corrected chi connectivity index (χ4v) is 2.39. The molecule has 0 heterocycles. The SMILES string of the molecule is CNCCCS(=O)(=O)Nc1cc(F)cc(F)c1. The van der Waals surface area contributed by atoms with Crippen molar-refractivity contribution in [2.75, 3.05) is 24.1 Å². The fourth-order valence-electron chi connectivity index (χ4n) is 1.28. The second-order valence-corrected chi connectivity index (χ2v) is 5.38. The monoisotopic (exact) mass is 264 g/mol. The van der Waals surface area contributed by atoms with E-state index in [0.717, 1.165) is 12.1 Å². The Morgan fingerprint density at radius 2 is 1.76 bits per heavy atom. The minimum Gasteiger partial charge on any atom is -0.320 e. The number of rotatable bonds is 6. The van der Waals surface area contributed by atoms with Crippen LogP contribution in [0.3, 0.4) is 0 Å².